The highest BCUT2D eigenvalue weighted by molar-refractivity contribution is 5.67. The van der Waals surface area contributed by atoms with Gasteiger partial charge in [-0.3, -0.25) is 0 Å². The molecular weight excluding hydrogens is 241 g/mol. The second-order valence-corrected chi connectivity index (χ2v) is 4.34. The fraction of sp³-hybridized carbons (Fsp3) is 0.188. The van der Waals surface area contributed by atoms with Crippen molar-refractivity contribution >= 4 is 0 Å². The first-order chi connectivity index (χ1) is 9.15. The van der Waals surface area contributed by atoms with Crippen molar-refractivity contribution in [1.82, 2.24) is 0 Å². The predicted octanol–water partition coefficient (Wildman–Crippen LogP) is 3.88. The molecule has 2 aromatic rings. The Bertz CT molecular complexity index is 644. The van der Waals surface area contributed by atoms with Gasteiger partial charge < -0.3 is 4.74 Å². The summed E-state index contributed by atoms with van der Waals surface area (Å²) in [4.78, 5) is 0. The van der Waals surface area contributed by atoms with Crippen molar-refractivity contribution in [3.63, 3.8) is 0 Å². The van der Waals surface area contributed by atoms with E-state index in [1.807, 2.05) is 6.92 Å². The Morgan fingerprint density at radius 2 is 2.00 bits per heavy atom. The first kappa shape index (κ1) is 13.1. The SMILES string of the molecule is COc1ccc(-c2cc(C)ccc2F)cc1CC#N. The minimum absolute atomic E-state index is 0.241. The number of nitrogens with zero attached hydrogens (tertiary/aromatic N) is 1. The third kappa shape index (κ3) is 2.74. The topological polar surface area (TPSA) is 33.0 Å². The number of ether oxygens (including phenoxy) is 1. The van der Waals surface area contributed by atoms with Crippen molar-refractivity contribution < 1.29 is 9.13 Å². The molecule has 0 saturated heterocycles. The van der Waals surface area contributed by atoms with Crippen molar-refractivity contribution in [2.24, 2.45) is 0 Å². The predicted molar refractivity (Wildman–Crippen MR) is 72.4 cm³/mol. The summed E-state index contributed by atoms with van der Waals surface area (Å²) in [6, 6.07) is 12.5. The van der Waals surface area contributed by atoms with Gasteiger partial charge in [0.1, 0.15) is 11.6 Å². The highest BCUT2D eigenvalue weighted by atomic mass is 19.1. The van der Waals surface area contributed by atoms with Crippen LogP contribution < -0.4 is 4.74 Å². The first-order valence-electron chi connectivity index (χ1n) is 5.96. The minimum Gasteiger partial charge on any atom is -0.496 e. The zero-order chi connectivity index (χ0) is 13.8. The van der Waals surface area contributed by atoms with Crippen LogP contribution in [0.2, 0.25) is 0 Å². The van der Waals surface area contributed by atoms with Crippen LogP contribution in [0.5, 0.6) is 5.75 Å². The normalized spacial score (nSPS) is 10.0. The van der Waals surface area contributed by atoms with Crippen molar-refractivity contribution in [2.45, 2.75) is 13.3 Å². The zero-order valence-electron chi connectivity index (χ0n) is 10.9. The van der Waals surface area contributed by atoms with E-state index in [0.717, 1.165) is 16.7 Å². The van der Waals surface area contributed by atoms with Crippen LogP contribution in [0.15, 0.2) is 36.4 Å². The van der Waals surface area contributed by atoms with Gasteiger partial charge in [-0.2, -0.15) is 5.26 Å². The Hall–Kier alpha value is -2.34. The van der Waals surface area contributed by atoms with Crippen molar-refractivity contribution in [3.05, 3.63) is 53.3 Å². The second kappa shape index (κ2) is 5.53. The molecule has 0 fully saturated rings. The number of halogens is 1. The van der Waals surface area contributed by atoms with Crippen LogP contribution in [0.3, 0.4) is 0 Å². The summed E-state index contributed by atoms with van der Waals surface area (Å²) < 4.78 is 19.1. The molecule has 0 aliphatic carbocycles. The number of rotatable bonds is 3. The van der Waals surface area contributed by atoms with Gasteiger partial charge in [0.2, 0.25) is 0 Å². The van der Waals surface area contributed by atoms with Gasteiger partial charge in [-0.15, -0.1) is 0 Å². The molecule has 2 aromatic carbocycles. The molecule has 0 amide bonds. The Kier molecular flexibility index (Phi) is 3.82. The maximum Gasteiger partial charge on any atom is 0.131 e. The van der Waals surface area contributed by atoms with Gasteiger partial charge in [0.15, 0.2) is 0 Å². The van der Waals surface area contributed by atoms with Crippen molar-refractivity contribution in [1.29, 1.82) is 5.26 Å². The zero-order valence-corrected chi connectivity index (χ0v) is 10.9. The Balaban J connectivity index is 2.54. The van der Waals surface area contributed by atoms with Crippen LogP contribution in [0.1, 0.15) is 11.1 Å². The third-order valence-corrected chi connectivity index (χ3v) is 2.98. The maximum absolute atomic E-state index is 13.9. The Morgan fingerprint density at radius 1 is 1.21 bits per heavy atom. The lowest BCUT2D eigenvalue weighted by Gasteiger charge is -2.10. The lowest BCUT2D eigenvalue weighted by atomic mass is 9.99. The standard InChI is InChI=1S/C16H14FNO/c1-11-3-5-15(17)14(9-11)12-4-6-16(19-2)13(10-12)7-8-18/h3-6,9-10H,7H2,1-2H3. The number of hydrogen-bond acceptors (Lipinski definition) is 2. The molecule has 19 heavy (non-hydrogen) atoms. The maximum atomic E-state index is 13.9. The number of hydrogen-bond donors (Lipinski definition) is 0. The lowest BCUT2D eigenvalue weighted by molar-refractivity contribution is 0.411. The molecule has 0 heterocycles. The van der Waals surface area contributed by atoms with Crippen LogP contribution in [0.25, 0.3) is 11.1 Å². The third-order valence-electron chi connectivity index (χ3n) is 2.98. The van der Waals surface area contributed by atoms with E-state index in [2.05, 4.69) is 6.07 Å². The molecule has 0 unspecified atom stereocenters. The second-order valence-electron chi connectivity index (χ2n) is 4.34. The van der Waals surface area contributed by atoms with E-state index < -0.39 is 0 Å². The molecule has 2 rings (SSSR count). The molecule has 0 N–H and O–H groups in total. The molecule has 0 aromatic heterocycles. The fourth-order valence-corrected chi connectivity index (χ4v) is 2.03. The van der Waals surface area contributed by atoms with E-state index >= 15 is 0 Å². The average molecular weight is 255 g/mol. The summed E-state index contributed by atoms with van der Waals surface area (Å²) in [7, 11) is 1.56. The summed E-state index contributed by atoms with van der Waals surface area (Å²) in [6.07, 6.45) is 0.241. The van der Waals surface area contributed by atoms with E-state index in [-0.39, 0.29) is 12.2 Å². The van der Waals surface area contributed by atoms with Gasteiger partial charge in [0, 0.05) is 11.1 Å². The van der Waals surface area contributed by atoms with Gasteiger partial charge in [-0.25, -0.2) is 4.39 Å². The Morgan fingerprint density at radius 3 is 2.68 bits per heavy atom. The van der Waals surface area contributed by atoms with Gasteiger partial charge in [-0.1, -0.05) is 17.7 Å². The number of benzene rings is 2. The summed E-state index contributed by atoms with van der Waals surface area (Å²) >= 11 is 0. The number of aryl methyl sites for hydroxylation is 1. The summed E-state index contributed by atoms with van der Waals surface area (Å²) in [6.45, 7) is 1.92. The van der Waals surface area contributed by atoms with E-state index in [0.29, 0.717) is 11.3 Å². The quantitative estimate of drug-likeness (QED) is 0.834. The molecule has 0 atom stereocenters. The molecular formula is C16H14FNO. The smallest absolute Gasteiger partial charge is 0.131 e. The van der Waals surface area contributed by atoms with Crippen molar-refractivity contribution in [2.75, 3.05) is 7.11 Å². The molecule has 2 nitrogen and oxygen atoms in total. The molecule has 0 aliphatic rings. The van der Waals surface area contributed by atoms with Crippen LogP contribution >= 0.6 is 0 Å². The number of methoxy groups -OCH3 is 1. The molecule has 0 saturated carbocycles. The highest BCUT2D eigenvalue weighted by Gasteiger charge is 2.09. The molecule has 0 spiro atoms. The number of nitriles is 1. The van der Waals surface area contributed by atoms with Crippen LogP contribution in [0, 0.1) is 24.1 Å². The first-order valence-corrected chi connectivity index (χ1v) is 5.96. The van der Waals surface area contributed by atoms with E-state index in [1.165, 1.54) is 6.07 Å². The fourth-order valence-electron chi connectivity index (χ4n) is 2.03. The average Bonchev–Trinajstić information content (AvgIpc) is 2.42. The van der Waals surface area contributed by atoms with Crippen LogP contribution in [-0.2, 0) is 6.42 Å². The van der Waals surface area contributed by atoms with E-state index in [4.69, 9.17) is 10.00 Å². The van der Waals surface area contributed by atoms with E-state index in [1.54, 1.807) is 37.4 Å². The van der Waals surface area contributed by atoms with Crippen LogP contribution in [0.4, 0.5) is 4.39 Å². The van der Waals surface area contributed by atoms with Gasteiger partial charge >= 0.3 is 0 Å². The monoisotopic (exact) mass is 255 g/mol. The summed E-state index contributed by atoms with van der Waals surface area (Å²) in [5.41, 5.74) is 3.06. The van der Waals surface area contributed by atoms with Crippen LogP contribution in [-0.4, -0.2) is 7.11 Å². The molecule has 96 valence electrons. The summed E-state index contributed by atoms with van der Waals surface area (Å²) in [5, 5.41) is 8.82. The van der Waals surface area contributed by atoms with E-state index in [9.17, 15) is 4.39 Å². The minimum atomic E-state index is -0.265. The summed E-state index contributed by atoms with van der Waals surface area (Å²) in [5.74, 6) is 0.386. The molecule has 0 radical (unpaired) electrons. The van der Waals surface area contributed by atoms with Gasteiger partial charge in [0.05, 0.1) is 19.6 Å². The largest absolute Gasteiger partial charge is 0.496 e. The molecule has 0 bridgehead atoms. The van der Waals surface area contributed by atoms with Gasteiger partial charge in [0.25, 0.3) is 0 Å². The van der Waals surface area contributed by atoms with Gasteiger partial charge in [-0.05, 0) is 36.8 Å². The highest BCUT2D eigenvalue weighted by Crippen LogP contribution is 2.29. The lowest BCUT2D eigenvalue weighted by Crippen LogP contribution is -1.93. The Labute approximate surface area is 112 Å². The molecule has 3 heteroatoms. The molecule has 0 aliphatic heterocycles. The van der Waals surface area contributed by atoms with Crippen molar-refractivity contribution in [3.8, 4) is 22.9 Å².